The Morgan fingerprint density at radius 2 is 1.86 bits per heavy atom. The zero-order valence-electron chi connectivity index (χ0n) is 8.51. The second kappa shape index (κ2) is 6.75. The van der Waals surface area contributed by atoms with Gasteiger partial charge in [-0.25, -0.2) is 4.79 Å². The smallest absolute Gasteiger partial charge is 0.336 e. The zero-order chi connectivity index (χ0) is 11.1. The van der Waals surface area contributed by atoms with Crippen LogP contribution in [0.15, 0.2) is 0 Å². The quantitative estimate of drug-likeness (QED) is 0.413. The Morgan fingerprint density at radius 3 is 2.29 bits per heavy atom. The lowest BCUT2D eigenvalue weighted by Crippen LogP contribution is -2.26. The van der Waals surface area contributed by atoms with Gasteiger partial charge in [-0.15, -0.1) is 0 Å². The van der Waals surface area contributed by atoms with Crippen molar-refractivity contribution in [3.8, 4) is 0 Å². The number of esters is 1. The first-order valence-electron chi connectivity index (χ1n) is 4.72. The van der Waals surface area contributed by atoms with E-state index < -0.39 is 24.5 Å². The van der Waals surface area contributed by atoms with Gasteiger partial charge >= 0.3 is 5.97 Å². The van der Waals surface area contributed by atoms with Crippen molar-refractivity contribution in [3.63, 3.8) is 0 Å². The number of carbonyl (C=O) groups excluding carboxylic acids is 1. The van der Waals surface area contributed by atoms with Gasteiger partial charge in [0.15, 0.2) is 0 Å². The van der Waals surface area contributed by atoms with E-state index in [0.29, 0.717) is 12.8 Å². The molecular formula is C9H18O5. The molecule has 3 unspecified atom stereocenters. The predicted molar refractivity (Wildman–Crippen MR) is 49.3 cm³/mol. The average Bonchev–Trinajstić information content (AvgIpc) is 2.13. The van der Waals surface area contributed by atoms with Gasteiger partial charge in [0.05, 0.1) is 6.10 Å². The number of aliphatic hydroxyl groups is 3. The lowest BCUT2D eigenvalue weighted by atomic mass is 10.1. The Hall–Kier alpha value is -0.650. The first kappa shape index (κ1) is 13.4. The molecule has 5 nitrogen and oxygen atoms in total. The second-order valence-corrected chi connectivity index (χ2v) is 3.21. The summed E-state index contributed by atoms with van der Waals surface area (Å²) in [6.07, 6.45) is -1.84. The van der Waals surface area contributed by atoms with E-state index in [1.54, 1.807) is 0 Å². The van der Waals surface area contributed by atoms with E-state index in [1.807, 2.05) is 6.92 Å². The maximum Gasteiger partial charge on any atom is 0.336 e. The van der Waals surface area contributed by atoms with Crippen LogP contribution in [-0.2, 0) is 9.53 Å². The molecule has 3 N–H and O–H groups in total. The Labute approximate surface area is 83.3 Å². The van der Waals surface area contributed by atoms with Crippen LogP contribution in [0.1, 0.15) is 33.1 Å². The van der Waals surface area contributed by atoms with Crippen molar-refractivity contribution in [2.45, 2.75) is 51.6 Å². The van der Waals surface area contributed by atoms with E-state index >= 15 is 0 Å². The van der Waals surface area contributed by atoms with Crippen LogP contribution < -0.4 is 0 Å². The van der Waals surface area contributed by atoms with Crippen LogP contribution in [0.4, 0.5) is 0 Å². The van der Waals surface area contributed by atoms with Crippen molar-refractivity contribution in [2.24, 2.45) is 0 Å². The third kappa shape index (κ3) is 5.90. The molecular weight excluding hydrogens is 188 g/mol. The largest absolute Gasteiger partial charge is 0.434 e. The van der Waals surface area contributed by atoms with Crippen molar-refractivity contribution in [2.75, 3.05) is 0 Å². The summed E-state index contributed by atoms with van der Waals surface area (Å²) in [7, 11) is 0. The molecule has 0 aromatic rings. The first-order chi connectivity index (χ1) is 6.47. The minimum Gasteiger partial charge on any atom is -0.434 e. The molecule has 0 amide bonds. The second-order valence-electron chi connectivity index (χ2n) is 3.21. The summed E-state index contributed by atoms with van der Waals surface area (Å²) in [6, 6.07) is 0. The fraction of sp³-hybridized carbons (Fsp3) is 0.889. The molecule has 0 rings (SSSR count). The third-order valence-corrected chi connectivity index (χ3v) is 1.81. The van der Waals surface area contributed by atoms with Gasteiger partial charge in [-0.1, -0.05) is 6.92 Å². The Balaban J connectivity index is 3.65. The highest BCUT2D eigenvalue weighted by atomic mass is 16.6. The van der Waals surface area contributed by atoms with Crippen LogP contribution in [0.25, 0.3) is 0 Å². The normalized spacial score (nSPS) is 17.2. The SMILES string of the molecule is CCC(O)CCC(O)OC(=O)C(C)O. The summed E-state index contributed by atoms with van der Waals surface area (Å²) >= 11 is 0. The molecule has 0 bridgehead atoms. The van der Waals surface area contributed by atoms with Gasteiger partial charge in [-0.3, -0.25) is 0 Å². The fourth-order valence-corrected chi connectivity index (χ4v) is 0.831. The Kier molecular flexibility index (Phi) is 6.44. The molecule has 14 heavy (non-hydrogen) atoms. The van der Waals surface area contributed by atoms with Crippen LogP contribution in [0.2, 0.25) is 0 Å². The van der Waals surface area contributed by atoms with E-state index in [9.17, 15) is 4.79 Å². The molecule has 0 heterocycles. The highest BCUT2D eigenvalue weighted by molar-refractivity contribution is 5.73. The summed E-state index contributed by atoms with van der Waals surface area (Å²) in [4.78, 5) is 10.8. The molecule has 0 aliphatic rings. The molecule has 0 aliphatic heterocycles. The summed E-state index contributed by atoms with van der Waals surface area (Å²) in [6.45, 7) is 3.08. The molecule has 84 valence electrons. The van der Waals surface area contributed by atoms with Gasteiger partial charge in [-0.05, 0) is 19.8 Å². The van der Waals surface area contributed by atoms with Gasteiger partial charge in [0.2, 0.25) is 6.29 Å². The van der Waals surface area contributed by atoms with E-state index in [1.165, 1.54) is 6.92 Å². The standard InChI is InChI=1S/C9H18O5/c1-3-7(11)4-5-8(12)14-9(13)6(2)10/h6-8,10-12H,3-5H2,1-2H3. The van der Waals surface area contributed by atoms with Crippen molar-refractivity contribution in [1.29, 1.82) is 0 Å². The summed E-state index contributed by atoms with van der Waals surface area (Å²) in [5.74, 6) is -0.858. The molecule has 0 saturated carbocycles. The first-order valence-corrected chi connectivity index (χ1v) is 4.72. The minimum atomic E-state index is -1.25. The van der Waals surface area contributed by atoms with Crippen molar-refractivity contribution >= 4 is 5.97 Å². The lowest BCUT2D eigenvalue weighted by molar-refractivity contribution is -0.178. The van der Waals surface area contributed by atoms with Crippen molar-refractivity contribution in [1.82, 2.24) is 0 Å². The highest BCUT2D eigenvalue weighted by Gasteiger charge is 2.16. The van der Waals surface area contributed by atoms with Gasteiger partial charge in [-0.2, -0.15) is 0 Å². The third-order valence-electron chi connectivity index (χ3n) is 1.81. The monoisotopic (exact) mass is 206 g/mol. The van der Waals surface area contributed by atoms with Gasteiger partial charge in [0.1, 0.15) is 6.10 Å². The molecule has 0 aromatic carbocycles. The van der Waals surface area contributed by atoms with E-state index in [2.05, 4.69) is 4.74 Å². The summed E-state index contributed by atoms with van der Waals surface area (Å²) < 4.78 is 4.46. The molecule has 0 saturated heterocycles. The van der Waals surface area contributed by atoms with Crippen molar-refractivity contribution < 1.29 is 24.9 Å². The summed E-state index contributed by atoms with van der Waals surface area (Å²) in [5.41, 5.74) is 0. The van der Waals surface area contributed by atoms with Crippen LogP contribution >= 0.6 is 0 Å². The number of rotatable bonds is 6. The minimum absolute atomic E-state index is 0.174. The molecule has 3 atom stereocenters. The lowest BCUT2D eigenvalue weighted by Gasteiger charge is -2.14. The van der Waals surface area contributed by atoms with Gasteiger partial charge in [0.25, 0.3) is 0 Å². The Bertz CT molecular complexity index is 169. The maximum atomic E-state index is 10.8. The molecule has 0 fully saturated rings. The average molecular weight is 206 g/mol. The van der Waals surface area contributed by atoms with Gasteiger partial charge in [0, 0.05) is 6.42 Å². The molecule has 0 radical (unpaired) electrons. The van der Waals surface area contributed by atoms with E-state index in [-0.39, 0.29) is 6.42 Å². The predicted octanol–water partition coefficient (Wildman–Crippen LogP) is -0.220. The Morgan fingerprint density at radius 1 is 1.29 bits per heavy atom. The van der Waals surface area contributed by atoms with Crippen LogP contribution in [0, 0.1) is 0 Å². The highest BCUT2D eigenvalue weighted by Crippen LogP contribution is 2.06. The van der Waals surface area contributed by atoms with E-state index in [4.69, 9.17) is 15.3 Å². The number of hydrogen-bond acceptors (Lipinski definition) is 5. The number of carbonyl (C=O) groups is 1. The molecule has 0 spiro atoms. The topological polar surface area (TPSA) is 87.0 Å². The van der Waals surface area contributed by atoms with E-state index in [0.717, 1.165) is 0 Å². The van der Waals surface area contributed by atoms with Crippen LogP contribution in [0.3, 0.4) is 0 Å². The number of aliphatic hydroxyl groups excluding tert-OH is 3. The molecule has 0 aromatic heterocycles. The van der Waals surface area contributed by atoms with Gasteiger partial charge < -0.3 is 20.1 Å². The molecule has 0 aliphatic carbocycles. The zero-order valence-corrected chi connectivity index (χ0v) is 8.51. The van der Waals surface area contributed by atoms with Crippen LogP contribution in [-0.4, -0.2) is 39.8 Å². The number of ether oxygens (including phenoxy) is 1. The van der Waals surface area contributed by atoms with Crippen molar-refractivity contribution in [3.05, 3.63) is 0 Å². The maximum absolute atomic E-state index is 10.8. The number of hydrogen-bond donors (Lipinski definition) is 3. The molecule has 5 heteroatoms. The summed E-state index contributed by atoms with van der Waals surface area (Å²) in [5, 5.41) is 27.1. The van der Waals surface area contributed by atoms with Crippen LogP contribution in [0.5, 0.6) is 0 Å². The fourth-order valence-electron chi connectivity index (χ4n) is 0.831.